The zero-order valence-corrected chi connectivity index (χ0v) is 15.7. The zero-order chi connectivity index (χ0) is 18.1. The van der Waals surface area contributed by atoms with Crippen molar-refractivity contribution in [3.63, 3.8) is 0 Å². The van der Waals surface area contributed by atoms with Crippen LogP contribution in [0.3, 0.4) is 0 Å². The Morgan fingerprint density at radius 2 is 1.80 bits per heavy atom. The standard InChI is InChI=1S/C20H29N3O2/c1-13-8-9-18(10-14(13)2)22-12-17(11-19(22)24)21-20(25)23-15(3)6-5-7-16(23)4/h8-10,15-17H,5-7,11-12H2,1-4H3,(H,21,25)/t15-,16-,17+/m0/s1. The number of likely N-dealkylation sites (tertiary alicyclic amines) is 1. The molecule has 0 bridgehead atoms. The first-order chi connectivity index (χ1) is 11.9. The number of carbonyl (C=O) groups is 2. The second-order valence-corrected chi connectivity index (χ2v) is 7.66. The molecule has 3 rings (SSSR count). The molecule has 5 nitrogen and oxygen atoms in total. The predicted octanol–water partition coefficient (Wildman–Crippen LogP) is 3.38. The van der Waals surface area contributed by atoms with Gasteiger partial charge < -0.3 is 15.1 Å². The number of carbonyl (C=O) groups excluding carboxylic acids is 2. The molecular weight excluding hydrogens is 314 g/mol. The van der Waals surface area contributed by atoms with Crippen molar-refractivity contribution in [2.45, 2.75) is 71.5 Å². The molecule has 0 radical (unpaired) electrons. The lowest BCUT2D eigenvalue weighted by Crippen LogP contribution is -2.54. The number of piperidine rings is 1. The lowest BCUT2D eigenvalue weighted by molar-refractivity contribution is -0.117. The third-order valence-electron chi connectivity index (χ3n) is 5.68. The molecule has 1 aromatic rings. The zero-order valence-electron chi connectivity index (χ0n) is 15.7. The van der Waals surface area contributed by atoms with Crippen LogP contribution in [0.5, 0.6) is 0 Å². The monoisotopic (exact) mass is 343 g/mol. The van der Waals surface area contributed by atoms with E-state index < -0.39 is 0 Å². The molecule has 0 saturated carbocycles. The van der Waals surface area contributed by atoms with Crippen LogP contribution >= 0.6 is 0 Å². The number of urea groups is 1. The third kappa shape index (κ3) is 3.65. The molecule has 2 heterocycles. The highest BCUT2D eigenvalue weighted by molar-refractivity contribution is 5.97. The van der Waals surface area contributed by atoms with Crippen LogP contribution in [0, 0.1) is 13.8 Å². The van der Waals surface area contributed by atoms with E-state index in [1.54, 1.807) is 4.90 Å². The Hall–Kier alpha value is -2.04. The number of hydrogen-bond acceptors (Lipinski definition) is 2. The molecule has 0 spiro atoms. The number of rotatable bonds is 2. The van der Waals surface area contributed by atoms with E-state index in [0.717, 1.165) is 18.5 Å². The quantitative estimate of drug-likeness (QED) is 0.895. The van der Waals surface area contributed by atoms with Crippen molar-refractivity contribution >= 4 is 17.6 Å². The van der Waals surface area contributed by atoms with Crippen molar-refractivity contribution in [3.05, 3.63) is 29.3 Å². The minimum atomic E-state index is -0.122. The van der Waals surface area contributed by atoms with Crippen molar-refractivity contribution in [1.82, 2.24) is 10.2 Å². The van der Waals surface area contributed by atoms with E-state index in [2.05, 4.69) is 33.0 Å². The average Bonchev–Trinajstić information content (AvgIpc) is 2.90. The van der Waals surface area contributed by atoms with Crippen LogP contribution in [0.2, 0.25) is 0 Å². The number of amides is 3. The maximum atomic E-state index is 12.7. The van der Waals surface area contributed by atoms with Crippen molar-refractivity contribution in [2.75, 3.05) is 11.4 Å². The van der Waals surface area contributed by atoms with Crippen LogP contribution < -0.4 is 10.2 Å². The summed E-state index contributed by atoms with van der Waals surface area (Å²) in [6.45, 7) is 8.88. The predicted molar refractivity (Wildman–Crippen MR) is 99.8 cm³/mol. The van der Waals surface area contributed by atoms with E-state index in [4.69, 9.17) is 0 Å². The number of benzene rings is 1. The Kier molecular flexibility index (Phi) is 5.02. The summed E-state index contributed by atoms with van der Waals surface area (Å²) < 4.78 is 0. The molecule has 136 valence electrons. The second kappa shape index (κ2) is 7.06. The van der Waals surface area contributed by atoms with Crippen molar-refractivity contribution in [1.29, 1.82) is 0 Å². The van der Waals surface area contributed by atoms with Gasteiger partial charge in [-0.15, -0.1) is 0 Å². The first kappa shape index (κ1) is 17.8. The molecule has 0 aromatic heterocycles. The van der Waals surface area contributed by atoms with Crippen LogP contribution in [0.4, 0.5) is 10.5 Å². The summed E-state index contributed by atoms with van der Waals surface area (Å²) in [6.07, 6.45) is 3.65. The van der Waals surface area contributed by atoms with Gasteiger partial charge in [-0.3, -0.25) is 4.79 Å². The molecule has 5 heteroatoms. The van der Waals surface area contributed by atoms with E-state index in [9.17, 15) is 9.59 Å². The Morgan fingerprint density at radius 3 is 2.44 bits per heavy atom. The van der Waals surface area contributed by atoms with Gasteiger partial charge in [0.1, 0.15) is 0 Å². The molecule has 3 atom stereocenters. The molecule has 3 amide bonds. The molecule has 25 heavy (non-hydrogen) atoms. The summed E-state index contributed by atoms with van der Waals surface area (Å²) >= 11 is 0. The molecule has 2 aliphatic heterocycles. The minimum absolute atomic E-state index is 0.0283. The number of nitrogens with zero attached hydrogens (tertiary/aromatic N) is 2. The number of aryl methyl sites for hydroxylation is 2. The summed E-state index contributed by atoms with van der Waals surface area (Å²) in [5.74, 6) is 0.0771. The van der Waals surface area contributed by atoms with Gasteiger partial charge in [0.2, 0.25) is 5.91 Å². The molecule has 2 saturated heterocycles. The maximum Gasteiger partial charge on any atom is 0.318 e. The Bertz CT molecular complexity index is 663. The Balaban J connectivity index is 1.66. The highest BCUT2D eigenvalue weighted by atomic mass is 16.2. The number of nitrogens with one attached hydrogen (secondary N) is 1. The van der Waals surface area contributed by atoms with Gasteiger partial charge in [0.05, 0.1) is 6.04 Å². The molecule has 2 fully saturated rings. The average molecular weight is 343 g/mol. The van der Waals surface area contributed by atoms with Gasteiger partial charge >= 0.3 is 6.03 Å². The lowest BCUT2D eigenvalue weighted by Gasteiger charge is -2.39. The fourth-order valence-corrected chi connectivity index (χ4v) is 4.02. The topological polar surface area (TPSA) is 52.7 Å². The van der Waals surface area contributed by atoms with Gasteiger partial charge in [-0.25, -0.2) is 4.79 Å². The Morgan fingerprint density at radius 1 is 1.12 bits per heavy atom. The van der Waals surface area contributed by atoms with E-state index in [1.807, 2.05) is 23.1 Å². The van der Waals surface area contributed by atoms with Gasteiger partial charge in [0.15, 0.2) is 0 Å². The van der Waals surface area contributed by atoms with Crippen molar-refractivity contribution in [2.24, 2.45) is 0 Å². The third-order valence-corrected chi connectivity index (χ3v) is 5.68. The van der Waals surface area contributed by atoms with Crippen LogP contribution in [0.1, 0.15) is 50.7 Å². The van der Waals surface area contributed by atoms with Crippen LogP contribution in [-0.4, -0.2) is 41.5 Å². The summed E-state index contributed by atoms with van der Waals surface area (Å²) in [5, 5.41) is 3.09. The largest absolute Gasteiger partial charge is 0.333 e. The lowest BCUT2D eigenvalue weighted by atomic mass is 9.98. The second-order valence-electron chi connectivity index (χ2n) is 7.66. The summed E-state index contributed by atoms with van der Waals surface area (Å²) in [5.41, 5.74) is 3.31. The van der Waals surface area contributed by atoms with Crippen molar-refractivity contribution < 1.29 is 9.59 Å². The normalized spacial score (nSPS) is 26.9. The summed E-state index contributed by atoms with van der Waals surface area (Å²) in [4.78, 5) is 28.9. The fourth-order valence-electron chi connectivity index (χ4n) is 4.02. The molecule has 0 unspecified atom stereocenters. The summed E-state index contributed by atoms with van der Waals surface area (Å²) in [7, 11) is 0. The first-order valence-electron chi connectivity index (χ1n) is 9.33. The van der Waals surface area contributed by atoms with Crippen LogP contribution in [0.25, 0.3) is 0 Å². The van der Waals surface area contributed by atoms with Crippen molar-refractivity contribution in [3.8, 4) is 0 Å². The van der Waals surface area contributed by atoms with Crippen LogP contribution in [0.15, 0.2) is 18.2 Å². The van der Waals surface area contributed by atoms with Gasteiger partial charge in [0.25, 0.3) is 0 Å². The SMILES string of the molecule is Cc1ccc(N2C[C@H](NC(=O)N3[C@@H](C)CCC[C@@H]3C)CC2=O)cc1C. The number of anilines is 1. The van der Waals surface area contributed by atoms with E-state index >= 15 is 0 Å². The first-order valence-corrected chi connectivity index (χ1v) is 9.33. The molecule has 1 aromatic carbocycles. The maximum absolute atomic E-state index is 12.7. The molecular formula is C20H29N3O2. The van der Waals surface area contributed by atoms with Crippen LogP contribution in [-0.2, 0) is 4.79 Å². The van der Waals surface area contributed by atoms with Gasteiger partial charge in [-0.1, -0.05) is 6.07 Å². The molecule has 2 aliphatic rings. The minimum Gasteiger partial charge on any atom is -0.333 e. The van der Waals surface area contributed by atoms with Gasteiger partial charge in [0, 0.05) is 30.7 Å². The fraction of sp³-hybridized carbons (Fsp3) is 0.600. The van der Waals surface area contributed by atoms with E-state index in [1.165, 1.54) is 17.5 Å². The van der Waals surface area contributed by atoms with E-state index in [-0.39, 0.29) is 30.1 Å². The molecule has 1 N–H and O–H groups in total. The Labute approximate surface area is 150 Å². The van der Waals surface area contributed by atoms with E-state index in [0.29, 0.717) is 13.0 Å². The summed E-state index contributed by atoms with van der Waals surface area (Å²) in [6, 6.07) is 6.45. The highest BCUT2D eigenvalue weighted by Crippen LogP contribution is 2.26. The number of hydrogen-bond donors (Lipinski definition) is 1. The van der Waals surface area contributed by atoms with Gasteiger partial charge in [-0.2, -0.15) is 0 Å². The van der Waals surface area contributed by atoms with Gasteiger partial charge in [-0.05, 0) is 70.2 Å². The smallest absolute Gasteiger partial charge is 0.318 e. The highest BCUT2D eigenvalue weighted by Gasteiger charge is 2.35. The molecule has 0 aliphatic carbocycles.